The third-order valence-electron chi connectivity index (χ3n) is 7.83. The quantitative estimate of drug-likeness (QED) is 0.192. The molecule has 0 amide bonds. The van der Waals surface area contributed by atoms with E-state index in [2.05, 4.69) is 62.0 Å². The zero-order chi connectivity index (χ0) is 27.5. The van der Waals surface area contributed by atoms with Crippen LogP contribution in [0.1, 0.15) is 41.6 Å². The summed E-state index contributed by atoms with van der Waals surface area (Å²) in [5, 5.41) is 8.85. The standard InChI is InChI=1S/C34H34FN5/c1-3-7-29(27-18-24(19-28(35)20-27)8-6-17-40-15-4-5-16-40)30-22-33(37-23(30)2)34-31-21-26(9-10-32(31)38-39-34)25-11-13-36-14-12-25/h3,7,9-14,18-22,37H,1,4-6,8,15-17H2,2H3,(H,38,39)/b29-7-. The Labute approximate surface area is 234 Å². The maximum atomic E-state index is 14.9. The van der Waals surface area contributed by atoms with Crippen LogP contribution in [0.4, 0.5) is 4.39 Å². The third-order valence-corrected chi connectivity index (χ3v) is 7.83. The van der Waals surface area contributed by atoms with Crippen LogP contribution >= 0.6 is 0 Å². The van der Waals surface area contributed by atoms with Gasteiger partial charge in [-0.15, -0.1) is 0 Å². The monoisotopic (exact) mass is 531 g/mol. The van der Waals surface area contributed by atoms with Crippen LogP contribution in [0.3, 0.4) is 0 Å². The van der Waals surface area contributed by atoms with Crippen LogP contribution in [0, 0.1) is 12.7 Å². The summed E-state index contributed by atoms with van der Waals surface area (Å²) in [6, 6.07) is 17.8. The van der Waals surface area contributed by atoms with E-state index < -0.39 is 0 Å². The molecule has 0 saturated carbocycles. The van der Waals surface area contributed by atoms with E-state index in [-0.39, 0.29) is 5.82 Å². The molecule has 1 fully saturated rings. The summed E-state index contributed by atoms with van der Waals surface area (Å²) in [5.74, 6) is -0.209. The Kier molecular flexibility index (Phi) is 7.43. The summed E-state index contributed by atoms with van der Waals surface area (Å²) in [6.07, 6.45) is 11.8. The Morgan fingerprint density at radius 3 is 2.65 bits per heavy atom. The second kappa shape index (κ2) is 11.4. The number of H-pyrrole nitrogens is 2. The van der Waals surface area contributed by atoms with Crippen LogP contribution in [-0.4, -0.2) is 44.7 Å². The van der Waals surface area contributed by atoms with E-state index >= 15 is 0 Å². The fourth-order valence-corrected chi connectivity index (χ4v) is 5.83. The number of likely N-dealkylation sites (tertiary alicyclic amines) is 1. The SMILES string of the molecule is C=C/C=C(/c1cc(F)cc(CCCN2CCCC2)c1)c1cc(-c2n[nH]c3ccc(-c4ccncc4)cc23)[nH]c1C. The molecule has 1 saturated heterocycles. The van der Waals surface area contributed by atoms with Crippen LogP contribution in [0.2, 0.25) is 0 Å². The molecule has 2 aromatic carbocycles. The summed E-state index contributed by atoms with van der Waals surface area (Å²) in [5.41, 5.74) is 9.74. The summed E-state index contributed by atoms with van der Waals surface area (Å²) >= 11 is 0. The van der Waals surface area contributed by atoms with E-state index in [1.165, 1.54) is 25.9 Å². The lowest BCUT2D eigenvalue weighted by molar-refractivity contribution is 0.334. The number of rotatable bonds is 9. The first kappa shape index (κ1) is 26.0. The fourth-order valence-electron chi connectivity index (χ4n) is 5.83. The van der Waals surface area contributed by atoms with Crippen molar-refractivity contribution in [2.45, 2.75) is 32.6 Å². The van der Waals surface area contributed by atoms with E-state index in [0.29, 0.717) is 0 Å². The first-order valence-electron chi connectivity index (χ1n) is 14.0. The van der Waals surface area contributed by atoms with Gasteiger partial charge in [-0.1, -0.05) is 30.9 Å². The molecule has 3 aromatic heterocycles. The molecule has 6 heteroatoms. The van der Waals surface area contributed by atoms with E-state index in [4.69, 9.17) is 0 Å². The van der Waals surface area contributed by atoms with Crippen molar-refractivity contribution in [3.05, 3.63) is 114 Å². The molecule has 0 aliphatic carbocycles. The average Bonchev–Trinajstić information content (AvgIpc) is 3.72. The molecule has 40 heavy (non-hydrogen) atoms. The Bertz CT molecular complexity index is 1670. The molecule has 2 N–H and O–H groups in total. The van der Waals surface area contributed by atoms with E-state index in [9.17, 15) is 4.39 Å². The maximum absolute atomic E-state index is 14.9. The Balaban J connectivity index is 1.32. The Hall–Kier alpha value is -4.29. The van der Waals surface area contributed by atoms with Crippen molar-refractivity contribution in [1.29, 1.82) is 0 Å². The highest BCUT2D eigenvalue weighted by Crippen LogP contribution is 2.35. The van der Waals surface area contributed by atoms with Gasteiger partial charge < -0.3 is 9.88 Å². The second-order valence-electron chi connectivity index (χ2n) is 10.6. The minimum absolute atomic E-state index is 0.209. The number of fused-ring (bicyclic) bond motifs is 1. The minimum atomic E-state index is -0.209. The maximum Gasteiger partial charge on any atom is 0.124 e. The Morgan fingerprint density at radius 1 is 1.02 bits per heavy atom. The molecule has 1 aliphatic rings. The second-order valence-corrected chi connectivity index (χ2v) is 10.6. The molecule has 0 unspecified atom stereocenters. The number of aryl methyl sites for hydroxylation is 2. The van der Waals surface area contributed by atoms with Gasteiger partial charge in [0, 0.05) is 29.0 Å². The van der Waals surface area contributed by atoms with Crippen molar-refractivity contribution < 1.29 is 4.39 Å². The van der Waals surface area contributed by atoms with Crippen molar-refractivity contribution in [1.82, 2.24) is 25.1 Å². The van der Waals surface area contributed by atoms with Gasteiger partial charge in [0.15, 0.2) is 0 Å². The average molecular weight is 532 g/mol. The largest absolute Gasteiger partial charge is 0.357 e. The summed E-state index contributed by atoms with van der Waals surface area (Å²) in [7, 11) is 0. The zero-order valence-corrected chi connectivity index (χ0v) is 22.9. The predicted molar refractivity (Wildman–Crippen MR) is 162 cm³/mol. The van der Waals surface area contributed by atoms with E-state index in [0.717, 1.165) is 80.8 Å². The topological polar surface area (TPSA) is 60.6 Å². The number of hydrogen-bond donors (Lipinski definition) is 2. The molecular weight excluding hydrogens is 497 g/mol. The predicted octanol–water partition coefficient (Wildman–Crippen LogP) is 7.71. The number of nitrogens with one attached hydrogen (secondary N) is 2. The number of pyridine rings is 1. The molecular formula is C34H34FN5. The highest BCUT2D eigenvalue weighted by Gasteiger charge is 2.18. The van der Waals surface area contributed by atoms with Gasteiger partial charge in [0.25, 0.3) is 0 Å². The van der Waals surface area contributed by atoms with Gasteiger partial charge in [-0.3, -0.25) is 10.1 Å². The van der Waals surface area contributed by atoms with Crippen molar-refractivity contribution in [3.63, 3.8) is 0 Å². The van der Waals surface area contributed by atoms with Gasteiger partial charge >= 0.3 is 0 Å². The summed E-state index contributed by atoms with van der Waals surface area (Å²) in [4.78, 5) is 10.2. The third kappa shape index (κ3) is 5.40. The first-order chi connectivity index (χ1) is 19.6. The molecule has 5 aromatic rings. The lowest BCUT2D eigenvalue weighted by Gasteiger charge is -2.15. The van der Waals surface area contributed by atoms with E-state index in [1.807, 2.05) is 25.1 Å². The molecule has 0 atom stereocenters. The molecule has 202 valence electrons. The van der Waals surface area contributed by atoms with Crippen LogP contribution in [-0.2, 0) is 6.42 Å². The lowest BCUT2D eigenvalue weighted by atomic mass is 9.94. The van der Waals surface area contributed by atoms with Crippen molar-refractivity contribution in [2.75, 3.05) is 19.6 Å². The molecule has 0 spiro atoms. The van der Waals surface area contributed by atoms with Gasteiger partial charge in [-0.2, -0.15) is 5.10 Å². The number of nitrogens with zero attached hydrogens (tertiary/aromatic N) is 3. The highest BCUT2D eigenvalue weighted by molar-refractivity contribution is 5.96. The number of halogens is 1. The number of allylic oxidation sites excluding steroid dienone is 2. The summed E-state index contributed by atoms with van der Waals surface area (Å²) in [6.45, 7) is 9.44. The molecule has 4 heterocycles. The highest BCUT2D eigenvalue weighted by atomic mass is 19.1. The first-order valence-corrected chi connectivity index (χ1v) is 14.0. The number of benzene rings is 2. The molecule has 0 radical (unpaired) electrons. The van der Waals surface area contributed by atoms with Gasteiger partial charge in [-0.25, -0.2) is 4.39 Å². The molecule has 1 aliphatic heterocycles. The molecule has 5 nitrogen and oxygen atoms in total. The minimum Gasteiger partial charge on any atom is -0.357 e. The normalized spacial score (nSPS) is 14.3. The van der Waals surface area contributed by atoms with E-state index in [1.54, 1.807) is 30.6 Å². The van der Waals surface area contributed by atoms with Crippen molar-refractivity contribution in [2.24, 2.45) is 0 Å². The van der Waals surface area contributed by atoms with Gasteiger partial charge in [0.05, 0.1) is 11.2 Å². The fraction of sp³-hybridized carbons (Fsp3) is 0.235. The molecule has 6 rings (SSSR count). The summed E-state index contributed by atoms with van der Waals surface area (Å²) < 4.78 is 14.9. The van der Waals surface area contributed by atoms with Gasteiger partial charge in [-0.05, 0) is 123 Å². The number of aromatic nitrogens is 4. The van der Waals surface area contributed by atoms with Crippen molar-refractivity contribution in [3.8, 4) is 22.5 Å². The van der Waals surface area contributed by atoms with Crippen LogP contribution in [0.25, 0.3) is 39.0 Å². The van der Waals surface area contributed by atoms with Crippen molar-refractivity contribution >= 4 is 16.5 Å². The zero-order valence-electron chi connectivity index (χ0n) is 22.9. The Morgan fingerprint density at radius 2 is 1.85 bits per heavy atom. The van der Waals surface area contributed by atoms with Gasteiger partial charge in [0.2, 0.25) is 0 Å². The van der Waals surface area contributed by atoms with Crippen LogP contribution < -0.4 is 0 Å². The number of aromatic amines is 2. The number of hydrogen-bond acceptors (Lipinski definition) is 3. The lowest BCUT2D eigenvalue weighted by Crippen LogP contribution is -2.20. The van der Waals surface area contributed by atoms with Crippen LogP contribution in [0.15, 0.2) is 85.7 Å². The van der Waals surface area contributed by atoms with Gasteiger partial charge in [0.1, 0.15) is 11.5 Å². The smallest absolute Gasteiger partial charge is 0.124 e. The van der Waals surface area contributed by atoms with Crippen LogP contribution in [0.5, 0.6) is 0 Å². The molecule has 0 bridgehead atoms.